The number of anilines is 1. The molecule has 1 atom stereocenters. The number of rotatable bonds is 4. The molecule has 98 valence electrons. The number of esters is 1. The molecule has 0 fully saturated rings. The third-order valence-electron chi connectivity index (χ3n) is 2.70. The van der Waals surface area contributed by atoms with E-state index in [1.54, 1.807) is 0 Å². The molecule has 3 nitrogen and oxygen atoms in total. The standard InChI is InChI=1S/C15H14INO2/c1-19-15(18)14(11-6-5-7-12(16)10-11)17-13-8-3-2-4-9-13/h2-10,14,17H,1H3. The molecule has 1 N–H and O–H groups in total. The SMILES string of the molecule is COC(=O)C(Nc1ccccc1)c1cccc(I)c1. The van der Waals surface area contributed by atoms with E-state index < -0.39 is 6.04 Å². The molecule has 1 unspecified atom stereocenters. The minimum Gasteiger partial charge on any atom is -0.467 e. The van der Waals surface area contributed by atoms with Crippen molar-refractivity contribution in [1.29, 1.82) is 0 Å². The van der Waals surface area contributed by atoms with Crippen LogP contribution in [0.5, 0.6) is 0 Å². The Balaban J connectivity index is 2.29. The van der Waals surface area contributed by atoms with E-state index in [0.717, 1.165) is 14.8 Å². The van der Waals surface area contributed by atoms with Gasteiger partial charge in [-0.15, -0.1) is 0 Å². The summed E-state index contributed by atoms with van der Waals surface area (Å²) >= 11 is 2.23. The lowest BCUT2D eigenvalue weighted by Gasteiger charge is -2.18. The fraction of sp³-hybridized carbons (Fsp3) is 0.133. The first-order valence-electron chi connectivity index (χ1n) is 5.85. The first kappa shape index (κ1) is 13.9. The van der Waals surface area contributed by atoms with Crippen LogP contribution in [0.3, 0.4) is 0 Å². The van der Waals surface area contributed by atoms with Gasteiger partial charge in [-0.25, -0.2) is 4.79 Å². The highest BCUT2D eigenvalue weighted by atomic mass is 127. The number of ether oxygens (including phenoxy) is 1. The van der Waals surface area contributed by atoms with Crippen LogP contribution < -0.4 is 5.32 Å². The number of hydrogen-bond donors (Lipinski definition) is 1. The van der Waals surface area contributed by atoms with Gasteiger partial charge in [-0.3, -0.25) is 0 Å². The van der Waals surface area contributed by atoms with Crippen molar-refractivity contribution in [3.63, 3.8) is 0 Å². The van der Waals surface area contributed by atoms with Crippen LogP contribution >= 0.6 is 22.6 Å². The predicted molar refractivity (Wildman–Crippen MR) is 84.0 cm³/mol. The Morgan fingerprint density at radius 1 is 1.16 bits per heavy atom. The van der Waals surface area contributed by atoms with Gasteiger partial charge in [0.15, 0.2) is 6.04 Å². The number of hydrogen-bond acceptors (Lipinski definition) is 3. The van der Waals surface area contributed by atoms with E-state index >= 15 is 0 Å². The van der Waals surface area contributed by atoms with E-state index in [4.69, 9.17) is 4.74 Å². The highest BCUT2D eigenvalue weighted by molar-refractivity contribution is 14.1. The first-order valence-corrected chi connectivity index (χ1v) is 6.93. The quantitative estimate of drug-likeness (QED) is 0.663. The number of halogens is 1. The molecule has 0 aliphatic heterocycles. The van der Waals surface area contributed by atoms with Crippen molar-refractivity contribution in [2.45, 2.75) is 6.04 Å². The van der Waals surface area contributed by atoms with Crippen molar-refractivity contribution in [3.8, 4) is 0 Å². The Kier molecular flexibility index (Phi) is 4.79. The zero-order valence-electron chi connectivity index (χ0n) is 10.5. The zero-order valence-corrected chi connectivity index (χ0v) is 12.6. The van der Waals surface area contributed by atoms with E-state index in [-0.39, 0.29) is 5.97 Å². The summed E-state index contributed by atoms with van der Waals surface area (Å²) in [6, 6.07) is 16.9. The van der Waals surface area contributed by atoms with Crippen LogP contribution in [-0.2, 0) is 9.53 Å². The normalized spacial score (nSPS) is 11.7. The van der Waals surface area contributed by atoms with Crippen LogP contribution in [0, 0.1) is 3.57 Å². The minimum atomic E-state index is -0.498. The van der Waals surface area contributed by atoms with Crippen molar-refractivity contribution in [1.82, 2.24) is 0 Å². The number of para-hydroxylation sites is 1. The number of carbonyl (C=O) groups excluding carboxylic acids is 1. The second-order valence-corrected chi connectivity index (χ2v) is 5.27. The summed E-state index contributed by atoms with van der Waals surface area (Å²) in [5.41, 5.74) is 1.78. The van der Waals surface area contributed by atoms with Crippen molar-refractivity contribution in [2.75, 3.05) is 12.4 Å². The van der Waals surface area contributed by atoms with Gasteiger partial charge in [0.25, 0.3) is 0 Å². The van der Waals surface area contributed by atoms with Crippen molar-refractivity contribution >= 4 is 34.2 Å². The highest BCUT2D eigenvalue weighted by Gasteiger charge is 2.21. The smallest absolute Gasteiger partial charge is 0.332 e. The molecule has 4 heteroatoms. The van der Waals surface area contributed by atoms with Crippen LogP contribution in [0.2, 0.25) is 0 Å². The molecule has 0 aromatic heterocycles. The molecule has 0 aliphatic rings. The topological polar surface area (TPSA) is 38.3 Å². The summed E-state index contributed by atoms with van der Waals surface area (Å²) in [5.74, 6) is -0.300. The van der Waals surface area contributed by atoms with Gasteiger partial charge in [0.05, 0.1) is 7.11 Å². The summed E-state index contributed by atoms with van der Waals surface area (Å²) in [7, 11) is 1.40. The van der Waals surface area contributed by atoms with Crippen LogP contribution in [0.1, 0.15) is 11.6 Å². The molecule has 0 saturated heterocycles. The lowest BCUT2D eigenvalue weighted by molar-refractivity contribution is -0.141. The van der Waals surface area contributed by atoms with Gasteiger partial charge in [0, 0.05) is 9.26 Å². The Morgan fingerprint density at radius 3 is 2.53 bits per heavy atom. The third-order valence-corrected chi connectivity index (χ3v) is 3.37. The average molecular weight is 367 g/mol. The molecular weight excluding hydrogens is 353 g/mol. The van der Waals surface area contributed by atoms with Gasteiger partial charge >= 0.3 is 5.97 Å². The monoisotopic (exact) mass is 367 g/mol. The summed E-state index contributed by atoms with van der Waals surface area (Å²) in [6.07, 6.45) is 0. The Bertz CT molecular complexity index is 557. The first-order chi connectivity index (χ1) is 9.20. The summed E-state index contributed by atoms with van der Waals surface area (Å²) in [5, 5.41) is 3.20. The molecule has 0 bridgehead atoms. The molecule has 0 saturated carbocycles. The van der Waals surface area contributed by atoms with E-state index in [1.165, 1.54) is 7.11 Å². The van der Waals surface area contributed by atoms with E-state index in [1.807, 2.05) is 54.6 Å². The lowest BCUT2D eigenvalue weighted by atomic mass is 10.1. The Labute approximate surface area is 126 Å². The Hall–Kier alpha value is -1.56. The van der Waals surface area contributed by atoms with Crippen LogP contribution in [-0.4, -0.2) is 13.1 Å². The zero-order chi connectivity index (χ0) is 13.7. The maximum absolute atomic E-state index is 11.9. The third kappa shape index (κ3) is 3.70. The molecule has 2 aromatic carbocycles. The molecule has 2 aromatic rings. The second kappa shape index (κ2) is 6.56. The van der Waals surface area contributed by atoms with Crippen molar-refractivity contribution < 1.29 is 9.53 Å². The average Bonchev–Trinajstić information content (AvgIpc) is 2.45. The highest BCUT2D eigenvalue weighted by Crippen LogP contribution is 2.22. The fourth-order valence-corrected chi connectivity index (χ4v) is 2.35. The van der Waals surface area contributed by atoms with Gasteiger partial charge < -0.3 is 10.1 Å². The van der Waals surface area contributed by atoms with E-state index in [2.05, 4.69) is 27.9 Å². The number of nitrogens with one attached hydrogen (secondary N) is 1. The summed E-state index contributed by atoms with van der Waals surface area (Å²) < 4.78 is 5.96. The van der Waals surface area contributed by atoms with Crippen molar-refractivity contribution in [2.24, 2.45) is 0 Å². The van der Waals surface area contributed by atoms with E-state index in [0.29, 0.717) is 0 Å². The van der Waals surface area contributed by atoms with Crippen LogP contribution in [0.4, 0.5) is 5.69 Å². The van der Waals surface area contributed by atoms with Gasteiger partial charge in [-0.05, 0) is 52.4 Å². The van der Waals surface area contributed by atoms with E-state index in [9.17, 15) is 4.79 Å². The molecule has 0 heterocycles. The molecule has 0 spiro atoms. The summed E-state index contributed by atoms with van der Waals surface area (Å²) in [4.78, 5) is 11.9. The minimum absolute atomic E-state index is 0.300. The molecule has 2 rings (SSSR count). The fourth-order valence-electron chi connectivity index (χ4n) is 1.78. The maximum Gasteiger partial charge on any atom is 0.332 e. The van der Waals surface area contributed by atoms with Gasteiger partial charge in [-0.2, -0.15) is 0 Å². The number of carbonyl (C=O) groups is 1. The van der Waals surface area contributed by atoms with Gasteiger partial charge in [0.2, 0.25) is 0 Å². The van der Waals surface area contributed by atoms with Crippen molar-refractivity contribution in [3.05, 3.63) is 63.7 Å². The second-order valence-electron chi connectivity index (χ2n) is 4.02. The molecule has 0 amide bonds. The summed E-state index contributed by atoms with van der Waals surface area (Å²) in [6.45, 7) is 0. The molecule has 19 heavy (non-hydrogen) atoms. The molecule has 0 aliphatic carbocycles. The lowest BCUT2D eigenvalue weighted by Crippen LogP contribution is -2.22. The van der Waals surface area contributed by atoms with Gasteiger partial charge in [0.1, 0.15) is 0 Å². The van der Waals surface area contributed by atoms with Crippen LogP contribution in [0.25, 0.3) is 0 Å². The number of benzene rings is 2. The Morgan fingerprint density at radius 2 is 1.89 bits per heavy atom. The molecule has 0 radical (unpaired) electrons. The maximum atomic E-state index is 11.9. The molecular formula is C15H14INO2. The predicted octanol–water partition coefficient (Wildman–Crippen LogP) is 3.62. The number of methoxy groups -OCH3 is 1. The largest absolute Gasteiger partial charge is 0.467 e. The van der Waals surface area contributed by atoms with Crippen LogP contribution in [0.15, 0.2) is 54.6 Å². The van der Waals surface area contributed by atoms with Gasteiger partial charge in [-0.1, -0.05) is 30.3 Å².